The van der Waals surface area contributed by atoms with Gasteiger partial charge in [-0.15, -0.1) is 6.42 Å². The van der Waals surface area contributed by atoms with Gasteiger partial charge in [0.05, 0.1) is 13.0 Å². The van der Waals surface area contributed by atoms with Crippen LogP contribution < -0.4 is 0 Å². The summed E-state index contributed by atoms with van der Waals surface area (Å²) < 4.78 is 13.6. The monoisotopic (exact) mass is 279 g/mol. The quantitative estimate of drug-likeness (QED) is 0.759. The molecule has 0 atom stereocenters. The van der Waals surface area contributed by atoms with Crippen molar-refractivity contribution in [2.45, 2.75) is 19.3 Å². The van der Waals surface area contributed by atoms with E-state index in [1.54, 1.807) is 11.0 Å². The summed E-state index contributed by atoms with van der Waals surface area (Å²) in [5.41, 5.74) is 0.243. The van der Waals surface area contributed by atoms with Crippen LogP contribution in [-0.2, 0) is 11.2 Å². The number of nitrogens with zero attached hydrogens (tertiary/aromatic N) is 1. The molecule has 1 amide bonds. The van der Waals surface area contributed by atoms with Gasteiger partial charge < -0.3 is 4.90 Å². The SMILES string of the molecule is C#CCN(CC1CC1)C(=O)Cc1c(F)cccc1Cl. The van der Waals surface area contributed by atoms with E-state index in [4.69, 9.17) is 18.0 Å². The first-order valence-corrected chi connectivity index (χ1v) is 6.63. The summed E-state index contributed by atoms with van der Waals surface area (Å²) in [5, 5.41) is 0.278. The number of benzene rings is 1. The fraction of sp³-hybridized carbons (Fsp3) is 0.400. The highest BCUT2D eigenvalue weighted by molar-refractivity contribution is 6.31. The number of carbonyl (C=O) groups is 1. The van der Waals surface area contributed by atoms with E-state index >= 15 is 0 Å². The average molecular weight is 280 g/mol. The minimum absolute atomic E-state index is 0.0418. The zero-order valence-corrected chi connectivity index (χ0v) is 11.3. The molecule has 0 aromatic heterocycles. The van der Waals surface area contributed by atoms with E-state index in [1.165, 1.54) is 12.1 Å². The Balaban J connectivity index is 2.07. The molecular weight excluding hydrogens is 265 g/mol. The third kappa shape index (κ3) is 3.71. The molecule has 0 bridgehead atoms. The highest BCUT2D eigenvalue weighted by Crippen LogP contribution is 2.30. The maximum Gasteiger partial charge on any atom is 0.227 e. The summed E-state index contributed by atoms with van der Waals surface area (Å²) in [6.45, 7) is 0.927. The molecular formula is C15H15ClFNO. The summed E-state index contributed by atoms with van der Waals surface area (Å²) in [5.74, 6) is 2.40. The van der Waals surface area contributed by atoms with Gasteiger partial charge in [-0.25, -0.2) is 4.39 Å². The lowest BCUT2D eigenvalue weighted by atomic mass is 10.1. The summed E-state index contributed by atoms with van der Waals surface area (Å²) >= 11 is 5.92. The van der Waals surface area contributed by atoms with E-state index in [2.05, 4.69) is 5.92 Å². The predicted octanol–water partition coefficient (Wildman–Crippen LogP) is 2.89. The molecule has 19 heavy (non-hydrogen) atoms. The smallest absolute Gasteiger partial charge is 0.227 e. The Morgan fingerprint density at radius 2 is 2.26 bits per heavy atom. The average Bonchev–Trinajstić information content (AvgIpc) is 3.17. The summed E-state index contributed by atoms with van der Waals surface area (Å²) in [6, 6.07) is 4.41. The van der Waals surface area contributed by atoms with E-state index < -0.39 is 5.82 Å². The van der Waals surface area contributed by atoms with Crippen molar-refractivity contribution in [1.29, 1.82) is 0 Å². The Kier molecular flexibility index (Phi) is 4.44. The van der Waals surface area contributed by atoms with Crippen LogP contribution in [0.15, 0.2) is 18.2 Å². The van der Waals surface area contributed by atoms with Crippen LogP contribution in [0.3, 0.4) is 0 Å². The van der Waals surface area contributed by atoms with Crippen LogP contribution in [0.2, 0.25) is 5.02 Å². The Labute approximate surface area is 117 Å². The normalized spacial score (nSPS) is 13.9. The zero-order valence-electron chi connectivity index (χ0n) is 10.5. The van der Waals surface area contributed by atoms with Crippen LogP contribution in [0.25, 0.3) is 0 Å². The maximum atomic E-state index is 13.6. The van der Waals surface area contributed by atoms with Gasteiger partial charge in [-0.2, -0.15) is 0 Å². The van der Waals surface area contributed by atoms with Crippen molar-refractivity contribution in [3.05, 3.63) is 34.6 Å². The number of rotatable bonds is 5. The van der Waals surface area contributed by atoms with Gasteiger partial charge in [0.1, 0.15) is 5.82 Å². The third-order valence-corrected chi connectivity index (χ3v) is 3.55. The molecule has 2 rings (SSSR count). The molecule has 2 nitrogen and oxygen atoms in total. The molecule has 0 N–H and O–H groups in total. The van der Waals surface area contributed by atoms with E-state index in [0.29, 0.717) is 12.5 Å². The molecule has 1 aliphatic carbocycles. The van der Waals surface area contributed by atoms with Crippen molar-refractivity contribution < 1.29 is 9.18 Å². The van der Waals surface area contributed by atoms with Crippen LogP contribution in [-0.4, -0.2) is 23.9 Å². The van der Waals surface area contributed by atoms with Crippen molar-refractivity contribution in [2.75, 3.05) is 13.1 Å². The second kappa shape index (κ2) is 6.08. The van der Waals surface area contributed by atoms with Gasteiger partial charge in [0.2, 0.25) is 5.91 Å². The minimum atomic E-state index is -0.451. The fourth-order valence-electron chi connectivity index (χ4n) is 1.94. The van der Waals surface area contributed by atoms with E-state index in [1.807, 2.05) is 0 Å². The highest BCUT2D eigenvalue weighted by Gasteiger charge is 2.27. The molecule has 1 fully saturated rings. The van der Waals surface area contributed by atoms with Crippen molar-refractivity contribution in [3.63, 3.8) is 0 Å². The largest absolute Gasteiger partial charge is 0.331 e. The van der Waals surface area contributed by atoms with Crippen LogP contribution >= 0.6 is 11.6 Å². The van der Waals surface area contributed by atoms with Gasteiger partial charge in [0.25, 0.3) is 0 Å². The van der Waals surface area contributed by atoms with Gasteiger partial charge in [-0.3, -0.25) is 4.79 Å². The fourth-order valence-corrected chi connectivity index (χ4v) is 2.17. The van der Waals surface area contributed by atoms with Crippen LogP contribution in [0.4, 0.5) is 4.39 Å². The minimum Gasteiger partial charge on any atom is -0.331 e. The van der Waals surface area contributed by atoms with Crippen LogP contribution in [0.1, 0.15) is 18.4 Å². The van der Waals surface area contributed by atoms with Gasteiger partial charge in [0, 0.05) is 17.1 Å². The molecule has 1 aliphatic rings. The number of carbonyl (C=O) groups excluding carboxylic acids is 1. The summed E-state index contributed by atoms with van der Waals surface area (Å²) in [4.78, 5) is 13.8. The second-order valence-corrected chi connectivity index (χ2v) is 5.21. The predicted molar refractivity (Wildman–Crippen MR) is 73.3 cm³/mol. The second-order valence-electron chi connectivity index (χ2n) is 4.80. The van der Waals surface area contributed by atoms with Gasteiger partial charge in [-0.1, -0.05) is 23.6 Å². The molecule has 1 saturated carbocycles. The lowest BCUT2D eigenvalue weighted by molar-refractivity contribution is -0.130. The molecule has 0 unspecified atom stereocenters. The van der Waals surface area contributed by atoms with E-state index in [-0.39, 0.29) is 29.5 Å². The maximum absolute atomic E-state index is 13.6. The van der Waals surface area contributed by atoms with Crippen molar-refractivity contribution in [3.8, 4) is 12.3 Å². The van der Waals surface area contributed by atoms with Crippen LogP contribution in [0, 0.1) is 24.1 Å². The molecule has 100 valence electrons. The van der Waals surface area contributed by atoms with Crippen molar-refractivity contribution >= 4 is 17.5 Å². The topological polar surface area (TPSA) is 20.3 Å². The zero-order chi connectivity index (χ0) is 13.8. The Bertz CT molecular complexity index is 499. The highest BCUT2D eigenvalue weighted by atomic mass is 35.5. The first-order valence-electron chi connectivity index (χ1n) is 6.26. The Morgan fingerprint density at radius 3 is 2.84 bits per heavy atom. The van der Waals surface area contributed by atoms with E-state index in [9.17, 15) is 9.18 Å². The number of halogens is 2. The molecule has 1 aromatic rings. The van der Waals surface area contributed by atoms with Crippen LogP contribution in [0.5, 0.6) is 0 Å². The first kappa shape index (κ1) is 13.9. The number of hydrogen-bond acceptors (Lipinski definition) is 1. The molecule has 1 aromatic carbocycles. The van der Waals surface area contributed by atoms with Crippen molar-refractivity contribution in [1.82, 2.24) is 4.90 Å². The van der Waals surface area contributed by atoms with E-state index in [0.717, 1.165) is 12.8 Å². The van der Waals surface area contributed by atoms with Crippen molar-refractivity contribution in [2.24, 2.45) is 5.92 Å². The third-order valence-electron chi connectivity index (χ3n) is 3.20. The Morgan fingerprint density at radius 1 is 1.53 bits per heavy atom. The first-order chi connectivity index (χ1) is 9.11. The molecule has 0 radical (unpaired) electrons. The van der Waals surface area contributed by atoms with Gasteiger partial charge in [0.15, 0.2) is 0 Å². The summed E-state index contributed by atoms with van der Waals surface area (Å²) in [6.07, 6.45) is 7.50. The molecule has 4 heteroatoms. The molecule has 0 aliphatic heterocycles. The molecule has 0 heterocycles. The number of hydrogen-bond donors (Lipinski definition) is 0. The van der Waals surface area contributed by atoms with Gasteiger partial charge in [-0.05, 0) is 30.9 Å². The lowest BCUT2D eigenvalue weighted by Gasteiger charge is -2.20. The molecule has 0 spiro atoms. The summed E-state index contributed by atoms with van der Waals surface area (Å²) in [7, 11) is 0. The molecule has 0 saturated heterocycles. The van der Waals surface area contributed by atoms with Gasteiger partial charge >= 0.3 is 0 Å². The number of amides is 1. The lowest BCUT2D eigenvalue weighted by Crippen LogP contribution is -2.34. The Hall–Kier alpha value is -1.53. The standard InChI is InChI=1S/C15H15ClFNO/c1-2-8-18(10-11-6-7-11)15(19)9-12-13(16)4-3-5-14(12)17/h1,3-5,11H,6-10H2. The number of terminal acetylenes is 1.